The second-order valence-corrected chi connectivity index (χ2v) is 7.85. The van der Waals surface area contributed by atoms with E-state index < -0.39 is 11.7 Å². The molecule has 10 heteroatoms. The molecule has 0 aliphatic carbocycles. The number of nitrogens with two attached hydrogens (primary N) is 1. The minimum atomic E-state index is -4.57. The summed E-state index contributed by atoms with van der Waals surface area (Å²) in [6, 6.07) is 0.726. The Kier molecular flexibility index (Phi) is 5.37. The molecule has 2 fully saturated rings. The number of amides is 1. The maximum Gasteiger partial charge on any atom is 0.417 e. The number of aromatic amines is 1. The summed E-state index contributed by atoms with van der Waals surface area (Å²) in [5.74, 6) is -0.107. The van der Waals surface area contributed by atoms with Crippen molar-refractivity contribution in [2.24, 2.45) is 0 Å². The molecule has 2 aliphatic heterocycles. The topological polar surface area (TPSA) is 91.1 Å². The first-order chi connectivity index (χ1) is 13.8. The lowest BCUT2D eigenvalue weighted by atomic mass is 9.97. The summed E-state index contributed by atoms with van der Waals surface area (Å²) >= 11 is 0. The number of anilines is 1. The third-order valence-corrected chi connectivity index (χ3v) is 5.88. The van der Waals surface area contributed by atoms with E-state index in [9.17, 15) is 18.0 Å². The number of alkyl halides is 3. The van der Waals surface area contributed by atoms with Crippen molar-refractivity contribution >= 4 is 22.8 Å². The summed E-state index contributed by atoms with van der Waals surface area (Å²) in [5, 5.41) is 6.05. The number of nitrogens with zero attached hydrogens (tertiary/aromatic N) is 4. The zero-order valence-electron chi connectivity index (χ0n) is 16.1. The van der Waals surface area contributed by atoms with E-state index in [1.165, 1.54) is 0 Å². The SMILES string of the molecule is Nc1[nH]nc2nc([C@H]3CCCCN3CC(=O)N3CCCCC3)cc(C(F)(F)F)c12. The summed E-state index contributed by atoms with van der Waals surface area (Å²) in [7, 11) is 0. The van der Waals surface area contributed by atoms with E-state index in [1.807, 2.05) is 9.80 Å². The minimum absolute atomic E-state index is 0.0396. The predicted molar refractivity (Wildman–Crippen MR) is 102 cm³/mol. The molecule has 29 heavy (non-hydrogen) atoms. The van der Waals surface area contributed by atoms with Gasteiger partial charge in [0.25, 0.3) is 0 Å². The Balaban J connectivity index is 1.64. The summed E-state index contributed by atoms with van der Waals surface area (Å²) in [4.78, 5) is 20.9. The van der Waals surface area contributed by atoms with Crippen LogP contribution < -0.4 is 5.73 Å². The Morgan fingerprint density at radius 1 is 1.17 bits per heavy atom. The van der Waals surface area contributed by atoms with Crippen molar-refractivity contribution in [1.82, 2.24) is 25.0 Å². The molecule has 3 N–H and O–H groups in total. The summed E-state index contributed by atoms with van der Waals surface area (Å²) < 4.78 is 41.0. The predicted octanol–water partition coefficient (Wildman–Crippen LogP) is 3.10. The zero-order valence-corrected chi connectivity index (χ0v) is 16.1. The minimum Gasteiger partial charge on any atom is -0.383 e. The number of piperidine rings is 2. The molecule has 2 saturated heterocycles. The number of carbonyl (C=O) groups is 1. The molecule has 7 nitrogen and oxygen atoms in total. The van der Waals surface area contributed by atoms with Crippen LogP contribution in [-0.4, -0.2) is 57.1 Å². The lowest BCUT2D eigenvalue weighted by Gasteiger charge is -2.37. The average molecular weight is 410 g/mol. The van der Waals surface area contributed by atoms with Crippen molar-refractivity contribution < 1.29 is 18.0 Å². The number of hydrogen-bond acceptors (Lipinski definition) is 5. The number of rotatable bonds is 3. The van der Waals surface area contributed by atoms with Crippen LogP contribution in [0.15, 0.2) is 6.07 Å². The van der Waals surface area contributed by atoms with Crippen molar-refractivity contribution in [2.75, 3.05) is 31.9 Å². The van der Waals surface area contributed by atoms with Gasteiger partial charge < -0.3 is 10.6 Å². The fraction of sp³-hybridized carbons (Fsp3) is 0.632. The highest BCUT2D eigenvalue weighted by Crippen LogP contribution is 2.39. The van der Waals surface area contributed by atoms with E-state index >= 15 is 0 Å². The van der Waals surface area contributed by atoms with Crippen LogP contribution in [0.25, 0.3) is 11.0 Å². The van der Waals surface area contributed by atoms with E-state index in [1.54, 1.807) is 0 Å². The standard InChI is InChI=1S/C19H25F3N6O/c20-19(21,22)12-10-13(24-18-16(12)17(23)25-26-18)14-6-2-5-9-28(14)11-15(29)27-7-3-1-4-8-27/h10,14H,1-9,11H2,(H3,23,24,25,26)/t14-/m1/s1. The van der Waals surface area contributed by atoms with E-state index in [-0.39, 0.29) is 35.3 Å². The molecule has 4 rings (SSSR count). The molecule has 0 radical (unpaired) electrons. The van der Waals surface area contributed by atoms with Gasteiger partial charge in [-0.3, -0.25) is 14.8 Å². The van der Waals surface area contributed by atoms with E-state index in [0.29, 0.717) is 18.7 Å². The quantitative estimate of drug-likeness (QED) is 0.811. The maximum absolute atomic E-state index is 13.7. The number of fused-ring (bicyclic) bond motifs is 1. The molecule has 0 aromatic carbocycles. The van der Waals surface area contributed by atoms with Crippen LogP contribution in [0.4, 0.5) is 19.0 Å². The van der Waals surface area contributed by atoms with Crippen LogP contribution in [0.1, 0.15) is 55.8 Å². The molecule has 2 aliphatic rings. The monoisotopic (exact) mass is 410 g/mol. The number of aromatic nitrogens is 3. The highest BCUT2D eigenvalue weighted by molar-refractivity contribution is 5.89. The number of pyridine rings is 1. The summed E-state index contributed by atoms with van der Waals surface area (Å²) in [5.41, 5.74) is 5.08. The van der Waals surface area contributed by atoms with Crippen LogP contribution in [0.2, 0.25) is 0 Å². The van der Waals surface area contributed by atoms with Gasteiger partial charge in [0.15, 0.2) is 5.65 Å². The van der Waals surface area contributed by atoms with Crippen LogP contribution in [0, 0.1) is 0 Å². The lowest BCUT2D eigenvalue weighted by Crippen LogP contribution is -2.45. The molecule has 158 valence electrons. The first kappa shape index (κ1) is 19.9. The first-order valence-electron chi connectivity index (χ1n) is 10.1. The largest absolute Gasteiger partial charge is 0.417 e. The van der Waals surface area contributed by atoms with Gasteiger partial charge in [0.1, 0.15) is 5.82 Å². The van der Waals surface area contributed by atoms with E-state index in [0.717, 1.165) is 51.3 Å². The number of halogens is 3. The zero-order chi connectivity index (χ0) is 20.6. The molecule has 1 amide bonds. The van der Waals surface area contributed by atoms with Crippen LogP contribution in [-0.2, 0) is 11.0 Å². The van der Waals surface area contributed by atoms with Crippen molar-refractivity contribution in [3.05, 3.63) is 17.3 Å². The Hall–Kier alpha value is -2.36. The van der Waals surface area contributed by atoms with Gasteiger partial charge in [-0.25, -0.2) is 4.98 Å². The third kappa shape index (κ3) is 4.03. The molecule has 0 saturated carbocycles. The smallest absolute Gasteiger partial charge is 0.383 e. The van der Waals surface area contributed by atoms with Crippen LogP contribution in [0.3, 0.4) is 0 Å². The molecule has 2 aromatic rings. The van der Waals surface area contributed by atoms with Crippen molar-refractivity contribution in [2.45, 2.75) is 50.7 Å². The number of likely N-dealkylation sites (tertiary alicyclic amines) is 2. The fourth-order valence-corrected chi connectivity index (χ4v) is 4.39. The second kappa shape index (κ2) is 7.81. The maximum atomic E-state index is 13.7. The van der Waals surface area contributed by atoms with E-state index in [2.05, 4.69) is 15.2 Å². The van der Waals surface area contributed by atoms with E-state index in [4.69, 9.17) is 5.73 Å². The Morgan fingerprint density at radius 3 is 2.62 bits per heavy atom. The van der Waals surface area contributed by atoms with Crippen molar-refractivity contribution in [1.29, 1.82) is 0 Å². The van der Waals surface area contributed by atoms with Gasteiger partial charge in [-0.1, -0.05) is 6.42 Å². The van der Waals surface area contributed by atoms with Gasteiger partial charge in [0.05, 0.1) is 29.2 Å². The number of nitrogen functional groups attached to an aromatic ring is 1. The fourth-order valence-electron chi connectivity index (χ4n) is 4.39. The molecule has 2 aromatic heterocycles. The summed E-state index contributed by atoms with van der Waals surface area (Å²) in [6.07, 6.45) is 1.01. The second-order valence-electron chi connectivity index (χ2n) is 7.85. The molecule has 1 atom stereocenters. The number of H-pyrrole nitrogens is 1. The number of hydrogen-bond donors (Lipinski definition) is 2. The molecular weight excluding hydrogens is 385 g/mol. The molecule has 0 bridgehead atoms. The number of nitrogens with one attached hydrogen (secondary N) is 1. The molecule has 0 spiro atoms. The molecular formula is C19H25F3N6O. The average Bonchev–Trinajstić information content (AvgIpc) is 3.08. The Morgan fingerprint density at radius 2 is 1.90 bits per heavy atom. The third-order valence-electron chi connectivity index (χ3n) is 5.88. The van der Waals surface area contributed by atoms with Gasteiger partial charge in [-0.05, 0) is 44.7 Å². The highest BCUT2D eigenvalue weighted by atomic mass is 19.4. The number of carbonyl (C=O) groups excluding carboxylic acids is 1. The Labute approximate surface area is 166 Å². The van der Waals surface area contributed by atoms with Gasteiger partial charge in [-0.2, -0.15) is 18.3 Å². The van der Waals surface area contributed by atoms with Gasteiger partial charge >= 0.3 is 6.18 Å². The molecule has 0 unspecified atom stereocenters. The van der Waals surface area contributed by atoms with Crippen molar-refractivity contribution in [3.63, 3.8) is 0 Å². The molecule has 4 heterocycles. The Bertz CT molecular complexity index is 890. The first-order valence-corrected chi connectivity index (χ1v) is 10.1. The van der Waals surface area contributed by atoms with Crippen molar-refractivity contribution in [3.8, 4) is 0 Å². The summed E-state index contributed by atoms with van der Waals surface area (Å²) in [6.45, 7) is 2.38. The lowest BCUT2D eigenvalue weighted by molar-refractivity contribution is -0.137. The normalized spacial score (nSPS) is 21.6. The highest BCUT2D eigenvalue weighted by Gasteiger charge is 2.37. The van der Waals surface area contributed by atoms with Crippen LogP contribution in [0.5, 0.6) is 0 Å². The van der Waals surface area contributed by atoms with Gasteiger partial charge in [0, 0.05) is 13.1 Å². The van der Waals surface area contributed by atoms with Gasteiger partial charge in [-0.15, -0.1) is 0 Å². The van der Waals surface area contributed by atoms with Crippen LogP contribution >= 0.6 is 0 Å². The van der Waals surface area contributed by atoms with Gasteiger partial charge in [0.2, 0.25) is 5.91 Å².